The number of amides is 1. The van der Waals surface area contributed by atoms with Crippen molar-refractivity contribution in [1.82, 2.24) is 14.9 Å². The minimum absolute atomic E-state index is 0.0267. The maximum absolute atomic E-state index is 13.1. The highest BCUT2D eigenvalue weighted by Crippen LogP contribution is 2.24. The molecule has 9 nitrogen and oxygen atoms in total. The molecule has 1 aromatic heterocycles. The minimum atomic E-state index is -0.557. The Bertz CT molecular complexity index is 1160. The molecule has 0 spiro atoms. The van der Waals surface area contributed by atoms with E-state index in [1.807, 2.05) is 0 Å². The van der Waals surface area contributed by atoms with Crippen LogP contribution in [-0.4, -0.2) is 39.3 Å². The Hall–Kier alpha value is -3.46. The molecule has 0 atom stereocenters. The third kappa shape index (κ3) is 4.19. The van der Waals surface area contributed by atoms with Gasteiger partial charge in [-0.05, 0) is 31.2 Å². The van der Waals surface area contributed by atoms with E-state index in [0.29, 0.717) is 28.2 Å². The first-order valence-electron chi connectivity index (χ1n) is 8.78. The smallest absolute Gasteiger partial charge is 0.270 e. The number of nitro groups is 1. The lowest BCUT2D eigenvalue weighted by Gasteiger charge is -2.21. The Kier molecular flexibility index (Phi) is 5.79. The second kappa shape index (κ2) is 8.27. The van der Waals surface area contributed by atoms with E-state index in [2.05, 4.69) is 15.3 Å². The molecular weight excluding hydrogens is 398 g/mol. The second-order valence-corrected chi connectivity index (χ2v) is 6.67. The lowest BCUT2D eigenvalue weighted by atomic mass is 10.1. The van der Waals surface area contributed by atoms with Crippen LogP contribution in [0.15, 0.2) is 41.2 Å². The standard InChI is InChI=1S/C19H18ClN5O4/c1-3-24(19(27)14-9-12(25(28)29)5-7-15(14)21-2)10-17-22-16-8-11(20)4-6-13(16)18(26)23-17/h4-9,21H,3,10H2,1-2H3,(H,22,23,26). The number of rotatable bonds is 6. The van der Waals surface area contributed by atoms with Crippen LogP contribution in [0, 0.1) is 10.1 Å². The Morgan fingerprint density at radius 1 is 1.31 bits per heavy atom. The quantitative estimate of drug-likeness (QED) is 0.471. The highest BCUT2D eigenvalue weighted by molar-refractivity contribution is 6.31. The molecule has 0 fully saturated rings. The third-order valence-corrected chi connectivity index (χ3v) is 4.68. The molecule has 3 rings (SSSR count). The number of nitrogens with one attached hydrogen (secondary N) is 2. The maximum atomic E-state index is 13.1. The maximum Gasteiger partial charge on any atom is 0.270 e. The van der Waals surface area contributed by atoms with Crippen LogP contribution in [0.4, 0.5) is 11.4 Å². The zero-order valence-electron chi connectivity index (χ0n) is 15.7. The highest BCUT2D eigenvalue weighted by atomic mass is 35.5. The van der Waals surface area contributed by atoms with Crippen molar-refractivity contribution in [2.45, 2.75) is 13.5 Å². The molecule has 0 bridgehead atoms. The number of nitro benzene ring substituents is 1. The number of carbonyl (C=O) groups excluding carboxylic acids is 1. The molecule has 0 unspecified atom stereocenters. The Morgan fingerprint density at radius 3 is 2.72 bits per heavy atom. The molecule has 150 valence electrons. The van der Waals surface area contributed by atoms with Crippen LogP contribution in [0.25, 0.3) is 10.9 Å². The number of aromatic amines is 1. The van der Waals surface area contributed by atoms with Crippen LogP contribution in [0.3, 0.4) is 0 Å². The highest BCUT2D eigenvalue weighted by Gasteiger charge is 2.22. The summed E-state index contributed by atoms with van der Waals surface area (Å²) in [4.78, 5) is 44.4. The predicted octanol–water partition coefficient (Wildman–Crippen LogP) is 3.19. The number of nitrogens with zero attached hydrogens (tertiary/aromatic N) is 3. The van der Waals surface area contributed by atoms with Crippen LogP contribution in [-0.2, 0) is 6.54 Å². The summed E-state index contributed by atoms with van der Waals surface area (Å²) < 4.78 is 0. The molecule has 0 radical (unpaired) electrons. The summed E-state index contributed by atoms with van der Waals surface area (Å²) in [6, 6.07) is 8.80. The van der Waals surface area contributed by atoms with Crippen molar-refractivity contribution in [2.24, 2.45) is 0 Å². The number of carbonyl (C=O) groups is 1. The number of aromatic nitrogens is 2. The summed E-state index contributed by atoms with van der Waals surface area (Å²) in [5.74, 6) is -0.134. The van der Waals surface area contributed by atoms with Gasteiger partial charge in [0.15, 0.2) is 0 Å². The fourth-order valence-electron chi connectivity index (χ4n) is 2.96. The van der Waals surface area contributed by atoms with Crippen molar-refractivity contribution >= 4 is 39.8 Å². The largest absolute Gasteiger partial charge is 0.387 e. The van der Waals surface area contributed by atoms with E-state index in [4.69, 9.17) is 11.6 Å². The first kappa shape index (κ1) is 20.3. The molecule has 0 aliphatic heterocycles. The third-order valence-electron chi connectivity index (χ3n) is 4.44. The van der Waals surface area contributed by atoms with Gasteiger partial charge >= 0.3 is 0 Å². The van der Waals surface area contributed by atoms with E-state index in [1.54, 1.807) is 32.2 Å². The van der Waals surface area contributed by atoms with Crippen LogP contribution in [0.5, 0.6) is 0 Å². The van der Waals surface area contributed by atoms with Gasteiger partial charge in [0, 0.05) is 36.4 Å². The molecule has 1 amide bonds. The first-order valence-corrected chi connectivity index (χ1v) is 9.15. The van der Waals surface area contributed by atoms with Gasteiger partial charge in [0.05, 0.1) is 27.9 Å². The van der Waals surface area contributed by atoms with Crippen LogP contribution in [0.2, 0.25) is 5.02 Å². The molecule has 29 heavy (non-hydrogen) atoms. The van der Waals surface area contributed by atoms with Crippen molar-refractivity contribution in [1.29, 1.82) is 0 Å². The van der Waals surface area contributed by atoms with Crippen LogP contribution < -0.4 is 10.9 Å². The van der Waals surface area contributed by atoms with E-state index in [1.165, 1.54) is 23.1 Å². The van der Waals surface area contributed by atoms with Gasteiger partial charge in [-0.15, -0.1) is 0 Å². The number of fused-ring (bicyclic) bond motifs is 1. The second-order valence-electron chi connectivity index (χ2n) is 6.23. The van der Waals surface area contributed by atoms with E-state index in [9.17, 15) is 19.7 Å². The van der Waals surface area contributed by atoms with Crippen molar-refractivity contribution in [2.75, 3.05) is 18.9 Å². The molecule has 2 N–H and O–H groups in total. The summed E-state index contributed by atoms with van der Waals surface area (Å²) in [5, 5.41) is 14.8. The van der Waals surface area contributed by atoms with E-state index in [0.717, 1.165) is 0 Å². The van der Waals surface area contributed by atoms with Gasteiger partial charge in [-0.3, -0.25) is 19.7 Å². The number of benzene rings is 2. The molecule has 0 saturated carbocycles. The number of H-pyrrole nitrogens is 1. The van der Waals surface area contributed by atoms with Gasteiger partial charge in [-0.2, -0.15) is 0 Å². The molecule has 0 aliphatic carbocycles. The summed E-state index contributed by atoms with van der Waals surface area (Å²) in [6.07, 6.45) is 0. The number of non-ortho nitro benzene ring substituents is 1. The first-order chi connectivity index (χ1) is 13.8. The molecule has 1 heterocycles. The molecule has 2 aromatic carbocycles. The lowest BCUT2D eigenvalue weighted by Crippen LogP contribution is -2.32. The molecule has 0 saturated heterocycles. The van der Waals surface area contributed by atoms with Gasteiger partial charge in [0.2, 0.25) is 0 Å². The molecular formula is C19H18ClN5O4. The zero-order valence-corrected chi connectivity index (χ0v) is 16.5. The number of halogens is 1. The fraction of sp³-hybridized carbons (Fsp3) is 0.211. The zero-order chi connectivity index (χ0) is 21.1. The number of hydrogen-bond donors (Lipinski definition) is 2. The summed E-state index contributed by atoms with van der Waals surface area (Å²) >= 11 is 5.98. The Balaban J connectivity index is 1.97. The fourth-order valence-corrected chi connectivity index (χ4v) is 3.12. The normalized spacial score (nSPS) is 10.7. The lowest BCUT2D eigenvalue weighted by molar-refractivity contribution is -0.384. The van der Waals surface area contributed by atoms with Gasteiger partial charge in [0.25, 0.3) is 17.2 Å². The van der Waals surface area contributed by atoms with E-state index in [-0.39, 0.29) is 29.2 Å². The van der Waals surface area contributed by atoms with Gasteiger partial charge in [-0.1, -0.05) is 11.6 Å². The van der Waals surface area contributed by atoms with E-state index < -0.39 is 10.8 Å². The average molecular weight is 416 g/mol. The molecule has 10 heteroatoms. The Labute approximate surface area is 170 Å². The van der Waals surface area contributed by atoms with Gasteiger partial charge in [-0.25, -0.2) is 4.98 Å². The topological polar surface area (TPSA) is 121 Å². The van der Waals surface area contributed by atoms with Gasteiger partial charge in [0.1, 0.15) is 5.82 Å². The summed E-state index contributed by atoms with van der Waals surface area (Å²) in [7, 11) is 1.63. The van der Waals surface area contributed by atoms with Crippen molar-refractivity contribution in [3.63, 3.8) is 0 Å². The molecule has 0 aliphatic rings. The van der Waals surface area contributed by atoms with E-state index >= 15 is 0 Å². The average Bonchev–Trinajstić information content (AvgIpc) is 2.70. The van der Waals surface area contributed by atoms with Crippen LogP contribution >= 0.6 is 11.6 Å². The Morgan fingerprint density at radius 2 is 2.07 bits per heavy atom. The number of anilines is 1. The summed E-state index contributed by atoms with van der Waals surface area (Å²) in [6.45, 7) is 2.10. The minimum Gasteiger partial charge on any atom is -0.387 e. The summed E-state index contributed by atoms with van der Waals surface area (Å²) in [5.41, 5.74) is 0.526. The van der Waals surface area contributed by atoms with Gasteiger partial charge < -0.3 is 15.2 Å². The molecule has 3 aromatic rings. The van der Waals surface area contributed by atoms with Crippen molar-refractivity contribution < 1.29 is 9.72 Å². The SMILES string of the molecule is CCN(Cc1nc2cc(Cl)ccc2c(=O)[nH]1)C(=O)c1cc([N+](=O)[O-])ccc1NC. The van der Waals surface area contributed by atoms with Crippen molar-refractivity contribution in [3.05, 3.63) is 73.3 Å². The number of hydrogen-bond acceptors (Lipinski definition) is 6. The predicted molar refractivity (Wildman–Crippen MR) is 110 cm³/mol. The van der Waals surface area contributed by atoms with Crippen LogP contribution in [0.1, 0.15) is 23.1 Å². The monoisotopic (exact) mass is 415 g/mol. The van der Waals surface area contributed by atoms with Crippen molar-refractivity contribution in [3.8, 4) is 0 Å².